The van der Waals surface area contributed by atoms with Crippen molar-refractivity contribution in [3.8, 4) is 0 Å². The number of carbonyl (C=O) groups is 2. The van der Waals surface area contributed by atoms with Crippen molar-refractivity contribution in [2.45, 2.75) is 50.9 Å². The molecule has 208 valence electrons. The first-order valence-corrected chi connectivity index (χ1v) is 12.3. The van der Waals surface area contributed by atoms with Crippen LogP contribution < -0.4 is 4.90 Å². The Kier molecular flexibility index (Phi) is 7.89. The highest BCUT2D eigenvalue weighted by molar-refractivity contribution is 5.94. The Labute approximate surface area is 222 Å². The average molecular weight is 549 g/mol. The van der Waals surface area contributed by atoms with E-state index in [-0.39, 0.29) is 23.2 Å². The lowest BCUT2D eigenvalue weighted by atomic mass is 9.72. The number of nitrogens with zero attached hydrogens (tertiary/aromatic N) is 6. The van der Waals surface area contributed by atoms with Crippen molar-refractivity contribution in [2.75, 3.05) is 24.5 Å². The monoisotopic (exact) mass is 548 g/mol. The molecule has 1 saturated heterocycles. The first kappa shape index (κ1) is 28.0. The SMILES string of the molecule is CC(C)n1cc2c(n1)C1(CCN(c3ncccn3)CC1)CN(C(=O)c1ccc(F)cc1)C2.O=C(O)C(F)(F)F. The predicted molar refractivity (Wildman–Crippen MR) is 133 cm³/mol. The standard InChI is InChI=1S/C24H27FN6O.C2HF3O2/c1-17(2)31-15-19-14-30(22(32)18-4-6-20(25)7-5-18)16-24(21(19)28-31)8-12-29(13-9-24)23-26-10-3-11-27-23;3-2(4,5)1(6)7/h3-7,10-11,15,17H,8-9,12-14,16H2,1-2H3;(H,6,7). The number of benzene rings is 1. The average Bonchev–Trinajstić information content (AvgIpc) is 3.35. The summed E-state index contributed by atoms with van der Waals surface area (Å²) < 4.78 is 47.1. The van der Waals surface area contributed by atoms with Gasteiger partial charge in [0, 0.05) is 67.4 Å². The van der Waals surface area contributed by atoms with Crippen molar-refractivity contribution >= 4 is 17.8 Å². The minimum atomic E-state index is -5.08. The first-order chi connectivity index (χ1) is 18.4. The van der Waals surface area contributed by atoms with Crippen LogP contribution in [-0.4, -0.2) is 67.4 Å². The number of anilines is 1. The molecule has 0 bridgehead atoms. The number of fused-ring (bicyclic) bond motifs is 2. The summed E-state index contributed by atoms with van der Waals surface area (Å²) in [5.41, 5.74) is 2.51. The molecule has 1 spiro atoms. The first-order valence-electron chi connectivity index (χ1n) is 12.3. The molecular formula is C26H28F4N6O3. The van der Waals surface area contributed by atoms with Crippen LogP contribution in [0.15, 0.2) is 48.9 Å². The summed E-state index contributed by atoms with van der Waals surface area (Å²) in [5.74, 6) is -2.42. The van der Waals surface area contributed by atoms with Crippen molar-refractivity contribution in [2.24, 2.45) is 0 Å². The van der Waals surface area contributed by atoms with E-state index in [1.165, 1.54) is 12.1 Å². The van der Waals surface area contributed by atoms with Gasteiger partial charge in [0.05, 0.1) is 5.69 Å². The highest BCUT2D eigenvalue weighted by atomic mass is 19.4. The Morgan fingerprint density at radius 2 is 1.64 bits per heavy atom. The van der Waals surface area contributed by atoms with Gasteiger partial charge >= 0.3 is 12.1 Å². The van der Waals surface area contributed by atoms with E-state index in [1.54, 1.807) is 24.5 Å². The maximum atomic E-state index is 13.4. The van der Waals surface area contributed by atoms with E-state index in [0.717, 1.165) is 43.1 Å². The number of piperidine rings is 1. The fourth-order valence-electron chi connectivity index (χ4n) is 4.86. The molecular weight excluding hydrogens is 520 g/mol. The van der Waals surface area contributed by atoms with Gasteiger partial charge in [0.15, 0.2) is 0 Å². The van der Waals surface area contributed by atoms with Gasteiger partial charge in [-0.15, -0.1) is 0 Å². The molecule has 5 rings (SSSR count). The number of rotatable bonds is 3. The molecule has 0 radical (unpaired) electrons. The summed E-state index contributed by atoms with van der Waals surface area (Å²) in [6.07, 6.45) is 2.25. The molecule has 39 heavy (non-hydrogen) atoms. The second-order valence-corrected chi connectivity index (χ2v) is 9.86. The van der Waals surface area contributed by atoms with E-state index in [1.807, 2.05) is 15.6 Å². The molecule has 2 aliphatic heterocycles. The lowest BCUT2D eigenvalue weighted by molar-refractivity contribution is -0.192. The third-order valence-electron chi connectivity index (χ3n) is 6.87. The molecule has 1 aromatic carbocycles. The molecule has 1 fully saturated rings. The van der Waals surface area contributed by atoms with E-state index in [4.69, 9.17) is 15.0 Å². The molecule has 0 atom stereocenters. The molecule has 3 aromatic rings. The van der Waals surface area contributed by atoms with Gasteiger partial charge in [-0.1, -0.05) is 0 Å². The van der Waals surface area contributed by atoms with E-state index in [9.17, 15) is 22.4 Å². The Bertz CT molecular complexity index is 1300. The van der Waals surface area contributed by atoms with Crippen LogP contribution in [0.25, 0.3) is 0 Å². The van der Waals surface area contributed by atoms with Crippen molar-refractivity contribution in [1.29, 1.82) is 0 Å². The highest BCUT2D eigenvalue weighted by Gasteiger charge is 2.46. The minimum absolute atomic E-state index is 0.0684. The molecule has 4 heterocycles. The number of alkyl halides is 3. The van der Waals surface area contributed by atoms with Crippen molar-refractivity contribution < 1.29 is 32.3 Å². The summed E-state index contributed by atoms with van der Waals surface area (Å²) in [6, 6.07) is 7.87. The molecule has 0 unspecified atom stereocenters. The number of amides is 1. The molecule has 2 aromatic heterocycles. The van der Waals surface area contributed by atoms with E-state index in [0.29, 0.717) is 18.7 Å². The maximum absolute atomic E-state index is 13.4. The van der Waals surface area contributed by atoms with Gasteiger partial charge in [0.1, 0.15) is 5.82 Å². The summed E-state index contributed by atoms with van der Waals surface area (Å²) in [4.78, 5) is 35.1. The summed E-state index contributed by atoms with van der Waals surface area (Å²) >= 11 is 0. The van der Waals surface area contributed by atoms with Crippen LogP contribution in [0.4, 0.5) is 23.5 Å². The molecule has 9 nitrogen and oxygen atoms in total. The quantitative estimate of drug-likeness (QED) is 0.489. The number of carboxylic acids is 1. The second-order valence-electron chi connectivity index (χ2n) is 9.86. The highest BCUT2D eigenvalue weighted by Crippen LogP contribution is 2.42. The number of hydrogen-bond donors (Lipinski definition) is 1. The van der Waals surface area contributed by atoms with Gasteiger partial charge in [-0.2, -0.15) is 18.3 Å². The third kappa shape index (κ3) is 6.18. The van der Waals surface area contributed by atoms with Crippen LogP contribution in [0.5, 0.6) is 0 Å². The number of hydrogen-bond acceptors (Lipinski definition) is 6. The maximum Gasteiger partial charge on any atom is 0.490 e. The molecule has 13 heteroatoms. The number of carbonyl (C=O) groups excluding carboxylic acids is 1. The zero-order valence-corrected chi connectivity index (χ0v) is 21.4. The number of aromatic nitrogens is 4. The summed E-state index contributed by atoms with van der Waals surface area (Å²) in [5, 5.41) is 12.1. The summed E-state index contributed by atoms with van der Waals surface area (Å²) in [6.45, 7) is 6.96. The van der Waals surface area contributed by atoms with Gasteiger partial charge < -0.3 is 14.9 Å². The molecule has 1 N–H and O–H groups in total. The number of aliphatic carboxylic acids is 1. The molecule has 1 amide bonds. The van der Waals surface area contributed by atoms with Crippen LogP contribution >= 0.6 is 0 Å². The lowest BCUT2D eigenvalue weighted by Crippen LogP contribution is -2.53. The largest absolute Gasteiger partial charge is 0.490 e. The summed E-state index contributed by atoms with van der Waals surface area (Å²) in [7, 11) is 0. The van der Waals surface area contributed by atoms with Gasteiger partial charge in [0.2, 0.25) is 5.95 Å². The molecule has 0 aliphatic carbocycles. The Morgan fingerprint density at radius 3 is 2.18 bits per heavy atom. The fourth-order valence-corrected chi connectivity index (χ4v) is 4.86. The van der Waals surface area contributed by atoms with Crippen LogP contribution in [0.2, 0.25) is 0 Å². The van der Waals surface area contributed by atoms with Gasteiger partial charge in [-0.05, 0) is 57.0 Å². The fraction of sp³-hybridized carbons (Fsp3) is 0.423. The zero-order valence-electron chi connectivity index (χ0n) is 21.4. The van der Waals surface area contributed by atoms with Crippen LogP contribution in [0, 0.1) is 5.82 Å². The second kappa shape index (κ2) is 11.0. The Balaban J connectivity index is 0.000000448. The van der Waals surface area contributed by atoms with Crippen molar-refractivity contribution in [3.63, 3.8) is 0 Å². The number of carboxylic acid groups (broad SMARTS) is 1. The normalized spacial score (nSPS) is 16.5. The topological polar surface area (TPSA) is 104 Å². The minimum Gasteiger partial charge on any atom is -0.475 e. The zero-order chi connectivity index (χ0) is 28.4. The molecule has 0 saturated carbocycles. The van der Waals surface area contributed by atoms with Gasteiger partial charge in [-0.3, -0.25) is 9.48 Å². The molecule has 2 aliphatic rings. The number of halogens is 4. The third-order valence-corrected chi connectivity index (χ3v) is 6.87. The van der Waals surface area contributed by atoms with Crippen LogP contribution in [0.1, 0.15) is 54.3 Å². The van der Waals surface area contributed by atoms with Crippen molar-refractivity contribution in [1.82, 2.24) is 24.6 Å². The van der Waals surface area contributed by atoms with Crippen molar-refractivity contribution in [3.05, 3.63) is 71.6 Å². The van der Waals surface area contributed by atoms with E-state index < -0.39 is 12.1 Å². The van der Waals surface area contributed by atoms with Gasteiger partial charge in [0.25, 0.3) is 5.91 Å². The van der Waals surface area contributed by atoms with Crippen LogP contribution in [0.3, 0.4) is 0 Å². The Hall–Kier alpha value is -4.03. The van der Waals surface area contributed by atoms with Crippen LogP contribution in [-0.2, 0) is 16.8 Å². The van der Waals surface area contributed by atoms with Gasteiger partial charge in [-0.25, -0.2) is 19.2 Å². The Morgan fingerprint density at radius 1 is 1.05 bits per heavy atom. The smallest absolute Gasteiger partial charge is 0.475 e. The van der Waals surface area contributed by atoms with E-state index >= 15 is 0 Å². The lowest BCUT2D eigenvalue weighted by Gasteiger charge is -2.46. The van der Waals surface area contributed by atoms with E-state index in [2.05, 4.69) is 34.9 Å². The predicted octanol–water partition coefficient (Wildman–Crippen LogP) is 4.22.